The van der Waals surface area contributed by atoms with E-state index in [1.807, 2.05) is 25.4 Å². The lowest BCUT2D eigenvalue weighted by atomic mass is 9.85. The number of carboxylic acids is 1. The van der Waals surface area contributed by atoms with Crippen LogP contribution in [0.4, 0.5) is 0 Å². The normalized spacial score (nSPS) is 28.0. The van der Waals surface area contributed by atoms with Gasteiger partial charge in [-0.3, -0.25) is 19.6 Å². The second kappa shape index (κ2) is 5.92. The lowest BCUT2D eigenvalue weighted by Crippen LogP contribution is -2.50. The molecule has 7 heteroatoms. The van der Waals surface area contributed by atoms with Crippen LogP contribution in [0.2, 0.25) is 0 Å². The average Bonchev–Trinajstić information content (AvgIpc) is 3.17. The Balaban J connectivity index is 1.79. The van der Waals surface area contributed by atoms with Gasteiger partial charge >= 0.3 is 5.97 Å². The SMILES string of the molecule is Cn1cc(C2CC(C(=O)O)CN(C(=O)C3C=CCN3)C2)cn1. The molecular formula is C15H20N4O3. The molecule has 22 heavy (non-hydrogen) atoms. The Morgan fingerprint density at radius 1 is 1.41 bits per heavy atom. The minimum atomic E-state index is -0.846. The molecule has 1 fully saturated rings. The number of aryl methyl sites for hydroxylation is 1. The highest BCUT2D eigenvalue weighted by Crippen LogP contribution is 2.30. The van der Waals surface area contributed by atoms with Gasteiger partial charge in [-0.05, 0) is 12.0 Å². The van der Waals surface area contributed by atoms with Crippen LogP contribution >= 0.6 is 0 Å². The molecule has 0 aromatic carbocycles. The zero-order valence-electron chi connectivity index (χ0n) is 12.5. The summed E-state index contributed by atoms with van der Waals surface area (Å²) in [6.07, 6.45) is 7.95. The molecule has 0 radical (unpaired) electrons. The van der Waals surface area contributed by atoms with E-state index in [0.29, 0.717) is 19.5 Å². The van der Waals surface area contributed by atoms with Gasteiger partial charge in [0.05, 0.1) is 12.1 Å². The molecule has 2 aliphatic heterocycles. The van der Waals surface area contributed by atoms with Crippen molar-refractivity contribution in [2.24, 2.45) is 13.0 Å². The maximum absolute atomic E-state index is 12.5. The molecule has 118 valence electrons. The van der Waals surface area contributed by atoms with Crippen LogP contribution in [0.25, 0.3) is 0 Å². The minimum absolute atomic E-state index is 0.0119. The predicted molar refractivity (Wildman–Crippen MR) is 79.2 cm³/mol. The van der Waals surface area contributed by atoms with Crippen LogP contribution in [0.15, 0.2) is 24.5 Å². The zero-order chi connectivity index (χ0) is 15.7. The van der Waals surface area contributed by atoms with Crippen molar-refractivity contribution in [1.29, 1.82) is 0 Å². The second-order valence-electron chi connectivity index (χ2n) is 5.97. The van der Waals surface area contributed by atoms with Crippen LogP contribution in [0, 0.1) is 5.92 Å². The van der Waals surface area contributed by atoms with Gasteiger partial charge in [-0.2, -0.15) is 5.10 Å². The topological polar surface area (TPSA) is 87.5 Å². The zero-order valence-corrected chi connectivity index (χ0v) is 12.5. The van der Waals surface area contributed by atoms with E-state index in [0.717, 1.165) is 5.56 Å². The highest BCUT2D eigenvalue weighted by Gasteiger charge is 2.36. The lowest BCUT2D eigenvalue weighted by Gasteiger charge is -2.37. The van der Waals surface area contributed by atoms with Crippen molar-refractivity contribution in [3.63, 3.8) is 0 Å². The van der Waals surface area contributed by atoms with Crippen LogP contribution in [0.1, 0.15) is 17.9 Å². The number of carboxylic acid groups (broad SMARTS) is 1. The molecule has 0 bridgehead atoms. The van der Waals surface area contributed by atoms with E-state index >= 15 is 0 Å². The van der Waals surface area contributed by atoms with Crippen LogP contribution in [-0.4, -0.2) is 57.3 Å². The summed E-state index contributed by atoms with van der Waals surface area (Å²) in [5.74, 6) is -1.42. The van der Waals surface area contributed by atoms with Gasteiger partial charge < -0.3 is 10.0 Å². The van der Waals surface area contributed by atoms with Crippen molar-refractivity contribution in [1.82, 2.24) is 20.0 Å². The number of rotatable bonds is 3. The van der Waals surface area contributed by atoms with Crippen LogP contribution < -0.4 is 5.32 Å². The monoisotopic (exact) mass is 304 g/mol. The van der Waals surface area contributed by atoms with Crippen LogP contribution in [0.5, 0.6) is 0 Å². The first-order valence-electron chi connectivity index (χ1n) is 7.45. The highest BCUT2D eigenvalue weighted by molar-refractivity contribution is 5.85. The minimum Gasteiger partial charge on any atom is -0.481 e. The third kappa shape index (κ3) is 2.89. The second-order valence-corrected chi connectivity index (χ2v) is 5.97. The number of aliphatic carboxylic acids is 1. The third-order valence-corrected chi connectivity index (χ3v) is 4.36. The fourth-order valence-electron chi connectivity index (χ4n) is 3.18. The van der Waals surface area contributed by atoms with E-state index in [-0.39, 0.29) is 24.4 Å². The van der Waals surface area contributed by atoms with Crippen LogP contribution in [0.3, 0.4) is 0 Å². The molecule has 3 unspecified atom stereocenters. The Labute approximate surface area is 128 Å². The number of amides is 1. The summed E-state index contributed by atoms with van der Waals surface area (Å²) in [6, 6.07) is -0.331. The summed E-state index contributed by atoms with van der Waals surface area (Å²) in [6.45, 7) is 1.50. The van der Waals surface area contributed by atoms with Gasteiger partial charge in [-0.15, -0.1) is 0 Å². The first-order valence-corrected chi connectivity index (χ1v) is 7.45. The Morgan fingerprint density at radius 2 is 2.23 bits per heavy atom. The number of hydrogen-bond donors (Lipinski definition) is 2. The fraction of sp³-hybridized carbons (Fsp3) is 0.533. The summed E-state index contributed by atoms with van der Waals surface area (Å²) in [7, 11) is 1.83. The molecule has 7 nitrogen and oxygen atoms in total. The van der Waals surface area contributed by atoms with Gasteiger partial charge in [-0.25, -0.2) is 0 Å². The fourth-order valence-corrected chi connectivity index (χ4v) is 3.18. The Kier molecular flexibility index (Phi) is 3.98. The van der Waals surface area contributed by atoms with Gasteiger partial charge in [0.1, 0.15) is 6.04 Å². The molecule has 2 aliphatic rings. The summed E-state index contributed by atoms with van der Waals surface area (Å²) in [5, 5.41) is 16.6. The van der Waals surface area contributed by atoms with Crippen molar-refractivity contribution in [2.45, 2.75) is 18.4 Å². The molecule has 3 heterocycles. The van der Waals surface area contributed by atoms with Gasteiger partial charge in [0.2, 0.25) is 5.91 Å². The molecule has 3 atom stereocenters. The number of nitrogens with zero attached hydrogens (tertiary/aromatic N) is 3. The van der Waals surface area contributed by atoms with Crippen molar-refractivity contribution in [3.05, 3.63) is 30.1 Å². The van der Waals surface area contributed by atoms with Gasteiger partial charge in [-0.1, -0.05) is 12.2 Å². The highest BCUT2D eigenvalue weighted by atomic mass is 16.4. The Bertz CT molecular complexity index is 610. The number of aromatic nitrogens is 2. The van der Waals surface area contributed by atoms with E-state index in [2.05, 4.69) is 10.4 Å². The molecule has 2 N–H and O–H groups in total. The van der Waals surface area contributed by atoms with E-state index < -0.39 is 11.9 Å². The maximum atomic E-state index is 12.5. The molecule has 1 aromatic heterocycles. The van der Waals surface area contributed by atoms with E-state index in [1.165, 1.54) is 0 Å². The van der Waals surface area contributed by atoms with Crippen molar-refractivity contribution in [3.8, 4) is 0 Å². The molecule has 1 amide bonds. The van der Waals surface area contributed by atoms with Gasteiger partial charge in [0, 0.05) is 38.8 Å². The number of carbonyl (C=O) groups excluding carboxylic acids is 1. The molecule has 1 aromatic rings. The van der Waals surface area contributed by atoms with Gasteiger partial charge in [0.15, 0.2) is 0 Å². The third-order valence-electron chi connectivity index (χ3n) is 4.36. The molecular weight excluding hydrogens is 284 g/mol. The maximum Gasteiger partial charge on any atom is 0.308 e. The summed E-state index contributed by atoms with van der Waals surface area (Å²) in [4.78, 5) is 25.7. The molecule has 0 saturated carbocycles. The predicted octanol–water partition coefficient (Wildman–Crippen LogP) is -0.0352. The van der Waals surface area contributed by atoms with E-state index in [9.17, 15) is 14.7 Å². The molecule has 1 saturated heterocycles. The first-order chi connectivity index (χ1) is 10.5. The van der Waals surface area contributed by atoms with Crippen molar-refractivity contribution < 1.29 is 14.7 Å². The van der Waals surface area contributed by atoms with Crippen molar-refractivity contribution in [2.75, 3.05) is 19.6 Å². The van der Waals surface area contributed by atoms with Gasteiger partial charge in [0.25, 0.3) is 0 Å². The average molecular weight is 304 g/mol. The Morgan fingerprint density at radius 3 is 2.82 bits per heavy atom. The largest absolute Gasteiger partial charge is 0.481 e. The van der Waals surface area contributed by atoms with Crippen molar-refractivity contribution >= 4 is 11.9 Å². The standard InChI is InChI=1S/C15H20N4O3/c1-18-7-12(6-17-18)10-5-11(15(21)22)9-19(8-10)14(20)13-3-2-4-16-13/h2-3,6-7,10-11,13,16H,4-5,8-9H2,1H3,(H,21,22). The number of hydrogen-bond acceptors (Lipinski definition) is 4. The Hall–Kier alpha value is -2.15. The number of nitrogens with one attached hydrogen (secondary N) is 1. The quantitative estimate of drug-likeness (QED) is 0.766. The molecule has 0 aliphatic carbocycles. The lowest BCUT2D eigenvalue weighted by molar-refractivity contribution is -0.146. The summed E-state index contributed by atoms with van der Waals surface area (Å²) < 4.78 is 1.70. The number of piperidine rings is 1. The number of carbonyl (C=O) groups is 2. The van der Waals surface area contributed by atoms with Crippen LogP contribution in [-0.2, 0) is 16.6 Å². The summed E-state index contributed by atoms with van der Waals surface area (Å²) >= 11 is 0. The van der Waals surface area contributed by atoms with E-state index in [4.69, 9.17) is 0 Å². The summed E-state index contributed by atoms with van der Waals surface area (Å²) in [5.41, 5.74) is 0.987. The van der Waals surface area contributed by atoms with E-state index in [1.54, 1.807) is 15.8 Å². The number of likely N-dealkylation sites (tertiary alicyclic amines) is 1. The molecule has 0 spiro atoms. The molecule has 3 rings (SSSR count). The first kappa shape index (κ1) is 14.8. The smallest absolute Gasteiger partial charge is 0.308 e.